The summed E-state index contributed by atoms with van der Waals surface area (Å²) in [5, 5.41) is 17.5. The maximum Gasteiger partial charge on any atom is 0.707 e. The van der Waals surface area contributed by atoms with Crippen LogP contribution in [0.15, 0.2) is 42.5 Å². The average molecular weight is 282 g/mol. The van der Waals surface area contributed by atoms with E-state index >= 15 is 0 Å². The van der Waals surface area contributed by atoms with Gasteiger partial charge in [0.2, 0.25) is 0 Å². The summed E-state index contributed by atoms with van der Waals surface area (Å²) in [6, 6.07) is 10.00. The molecule has 7 heteroatoms. The zero-order chi connectivity index (χ0) is 13.8. The molecule has 0 fully saturated rings. The van der Waals surface area contributed by atoms with Gasteiger partial charge in [-0.2, -0.15) is 0 Å². The van der Waals surface area contributed by atoms with Crippen LogP contribution in [0.5, 0.6) is 17.2 Å². The molecular weight excluding hydrogens is 273 g/mol. The first-order valence-corrected chi connectivity index (χ1v) is 5.68. The first kappa shape index (κ1) is 13.7. The molecule has 0 unspecified atom stereocenters. The normalized spacial score (nSPS) is 10.1. The molecule has 0 atom stereocenters. The molecule has 0 aliphatic heterocycles. The van der Waals surface area contributed by atoms with Gasteiger partial charge in [0.05, 0.1) is 5.02 Å². The second-order valence-corrected chi connectivity index (χ2v) is 4.00. The lowest BCUT2D eigenvalue weighted by atomic mass is 10.2. The van der Waals surface area contributed by atoms with E-state index in [9.17, 15) is 4.39 Å². The van der Waals surface area contributed by atoms with Crippen LogP contribution in [-0.2, 0) is 0 Å². The standard InChI is InChI=1S/C12H9BClFO4/c14-11-7-10(4-5-12(11)19-13(16)17)18-9-3-1-2-8(15)6-9/h1-7,16-17H. The molecule has 0 amide bonds. The Morgan fingerprint density at radius 3 is 2.42 bits per heavy atom. The van der Waals surface area contributed by atoms with Gasteiger partial charge in [-0.1, -0.05) is 17.7 Å². The highest BCUT2D eigenvalue weighted by molar-refractivity contribution is 6.36. The fourth-order valence-corrected chi connectivity index (χ4v) is 1.64. The van der Waals surface area contributed by atoms with Crippen molar-refractivity contribution in [3.8, 4) is 17.2 Å². The Labute approximate surface area is 114 Å². The van der Waals surface area contributed by atoms with E-state index in [-0.39, 0.29) is 10.8 Å². The monoisotopic (exact) mass is 282 g/mol. The molecule has 2 aromatic rings. The summed E-state index contributed by atoms with van der Waals surface area (Å²) in [5.74, 6) is 0.387. The molecule has 0 saturated heterocycles. The van der Waals surface area contributed by atoms with Gasteiger partial charge in [0.15, 0.2) is 0 Å². The number of hydrogen-bond donors (Lipinski definition) is 2. The molecule has 0 spiro atoms. The lowest BCUT2D eigenvalue weighted by molar-refractivity contribution is 0.288. The van der Waals surface area contributed by atoms with E-state index in [1.807, 2.05) is 0 Å². The number of rotatable bonds is 4. The van der Waals surface area contributed by atoms with Crippen LogP contribution in [0.1, 0.15) is 0 Å². The molecular formula is C12H9BClFO4. The third kappa shape index (κ3) is 3.85. The van der Waals surface area contributed by atoms with E-state index in [1.54, 1.807) is 6.07 Å². The Morgan fingerprint density at radius 1 is 1.05 bits per heavy atom. The summed E-state index contributed by atoms with van der Waals surface area (Å²) in [4.78, 5) is 0. The zero-order valence-corrected chi connectivity index (χ0v) is 10.3. The molecule has 0 aliphatic rings. The number of benzene rings is 2. The quantitative estimate of drug-likeness (QED) is 0.846. The number of halogens is 2. The lowest BCUT2D eigenvalue weighted by Crippen LogP contribution is -2.20. The van der Waals surface area contributed by atoms with Crippen LogP contribution in [0.3, 0.4) is 0 Å². The van der Waals surface area contributed by atoms with E-state index in [4.69, 9.17) is 26.4 Å². The highest BCUT2D eigenvalue weighted by Crippen LogP contribution is 2.31. The molecule has 98 valence electrons. The van der Waals surface area contributed by atoms with Gasteiger partial charge in [-0.15, -0.1) is 0 Å². The van der Waals surface area contributed by atoms with E-state index in [0.717, 1.165) is 0 Å². The van der Waals surface area contributed by atoms with Crippen LogP contribution in [0.25, 0.3) is 0 Å². The minimum atomic E-state index is -1.95. The van der Waals surface area contributed by atoms with Crippen LogP contribution in [0.2, 0.25) is 5.02 Å². The fraction of sp³-hybridized carbons (Fsp3) is 0. The zero-order valence-electron chi connectivity index (χ0n) is 9.59. The Kier molecular flexibility index (Phi) is 4.26. The van der Waals surface area contributed by atoms with Crippen LogP contribution in [0, 0.1) is 5.82 Å². The SMILES string of the molecule is OB(O)Oc1ccc(Oc2cccc(F)c2)cc1Cl. The third-order valence-corrected chi connectivity index (χ3v) is 2.46. The molecule has 0 radical (unpaired) electrons. The summed E-state index contributed by atoms with van der Waals surface area (Å²) < 4.78 is 23.0. The largest absolute Gasteiger partial charge is 0.707 e. The summed E-state index contributed by atoms with van der Waals surface area (Å²) in [5.41, 5.74) is 0. The van der Waals surface area contributed by atoms with Gasteiger partial charge >= 0.3 is 7.32 Å². The third-order valence-electron chi connectivity index (χ3n) is 2.17. The van der Waals surface area contributed by atoms with E-state index in [0.29, 0.717) is 11.5 Å². The van der Waals surface area contributed by atoms with Crippen molar-refractivity contribution >= 4 is 18.9 Å². The maximum atomic E-state index is 13.0. The number of hydrogen-bond acceptors (Lipinski definition) is 4. The van der Waals surface area contributed by atoms with Crippen molar-refractivity contribution in [2.75, 3.05) is 0 Å². The first-order valence-electron chi connectivity index (χ1n) is 5.30. The summed E-state index contributed by atoms with van der Waals surface area (Å²) in [6.07, 6.45) is 0. The number of ether oxygens (including phenoxy) is 1. The van der Waals surface area contributed by atoms with Crippen molar-refractivity contribution in [3.63, 3.8) is 0 Å². The Morgan fingerprint density at radius 2 is 1.79 bits per heavy atom. The van der Waals surface area contributed by atoms with Crippen molar-refractivity contribution in [2.45, 2.75) is 0 Å². The van der Waals surface area contributed by atoms with Crippen molar-refractivity contribution in [1.82, 2.24) is 0 Å². The summed E-state index contributed by atoms with van der Waals surface area (Å²) in [7, 11) is -1.95. The van der Waals surface area contributed by atoms with Crippen molar-refractivity contribution < 1.29 is 23.8 Å². The molecule has 2 rings (SSSR count). The Balaban J connectivity index is 2.16. The highest BCUT2D eigenvalue weighted by atomic mass is 35.5. The fourth-order valence-electron chi connectivity index (χ4n) is 1.42. The minimum Gasteiger partial charge on any atom is -0.511 e. The van der Waals surface area contributed by atoms with Crippen LogP contribution < -0.4 is 9.39 Å². The molecule has 0 bridgehead atoms. The van der Waals surface area contributed by atoms with Gasteiger partial charge < -0.3 is 19.4 Å². The van der Waals surface area contributed by atoms with Crippen molar-refractivity contribution in [3.05, 3.63) is 53.3 Å². The topological polar surface area (TPSA) is 58.9 Å². The maximum absolute atomic E-state index is 13.0. The molecule has 19 heavy (non-hydrogen) atoms. The second kappa shape index (κ2) is 5.92. The predicted molar refractivity (Wildman–Crippen MR) is 68.7 cm³/mol. The van der Waals surface area contributed by atoms with Crippen molar-refractivity contribution in [1.29, 1.82) is 0 Å². The van der Waals surface area contributed by atoms with Crippen LogP contribution in [-0.4, -0.2) is 17.4 Å². The van der Waals surface area contributed by atoms with Crippen LogP contribution in [0.4, 0.5) is 4.39 Å². The molecule has 4 nitrogen and oxygen atoms in total. The Hall–Kier alpha value is -1.76. The van der Waals surface area contributed by atoms with E-state index in [2.05, 4.69) is 4.65 Å². The van der Waals surface area contributed by atoms with Gasteiger partial charge in [0, 0.05) is 12.1 Å². The molecule has 0 aliphatic carbocycles. The Bertz CT molecular complexity index is 579. The summed E-state index contributed by atoms with van der Waals surface area (Å²) in [6.45, 7) is 0. The lowest BCUT2D eigenvalue weighted by Gasteiger charge is -2.10. The smallest absolute Gasteiger partial charge is 0.511 e. The van der Waals surface area contributed by atoms with E-state index in [1.165, 1.54) is 36.4 Å². The van der Waals surface area contributed by atoms with Gasteiger partial charge in [-0.05, 0) is 24.3 Å². The van der Waals surface area contributed by atoms with E-state index < -0.39 is 13.1 Å². The molecule has 0 aromatic heterocycles. The second-order valence-electron chi connectivity index (χ2n) is 3.60. The highest BCUT2D eigenvalue weighted by Gasteiger charge is 2.14. The van der Waals surface area contributed by atoms with Crippen LogP contribution >= 0.6 is 11.6 Å². The molecule has 2 aromatic carbocycles. The molecule has 0 saturated carbocycles. The molecule has 2 N–H and O–H groups in total. The van der Waals surface area contributed by atoms with Crippen molar-refractivity contribution in [2.24, 2.45) is 0 Å². The summed E-state index contributed by atoms with van der Waals surface area (Å²) >= 11 is 5.87. The van der Waals surface area contributed by atoms with Gasteiger partial charge in [0.1, 0.15) is 23.1 Å². The van der Waals surface area contributed by atoms with Gasteiger partial charge in [-0.25, -0.2) is 4.39 Å². The van der Waals surface area contributed by atoms with Gasteiger partial charge in [-0.3, -0.25) is 0 Å². The van der Waals surface area contributed by atoms with Gasteiger partial charge in [0.25, 0.3) is 0 Å². The molecule has 0 heterocycles. The first-order chi connectivity index (χ1) is 9.04. The predicted octanol–water partition coefficient (Wildman–Crippen LogP) is 2.62. The minimum absolute atomic E-state index is 0.100. The average Bonchev–Trinajstić information content (AvgIpc) is 2.32.